The SMILES string of the molecule is O=C(c1ccncc1)N1C[C@@H](O)C[C@H]1c1ccccc1C(F)(F)F. The van der Waals surface area contributed by atoms with Crippen molar-refractivity contribution >= 4 is 5.91 Å². The van der Waals surface area contributed by atoms with Gasteiger partial charge in [0.25, 0.3) is 5.91 Å². The lowest BCUT2D eigenvalue weighted by Crippen LogP contribution is -2.32. The van der Waals surface area contributed by atoms with Crippen molar-refractivity contribution in [1.29, 1.82) is 0 Å². The lowest BCUT2D eigenvalue weighted by Gasteiger charge is -2.27. The lowest BCUT2D eigenvalue weighted by molar-refractivity contribution is -0.138. The smallest absolute Gasteiger partial charge is 0.391 e. The van der Waals surface area contributed by atoms with E-state index >= 15 is 0 Å². The minimum Gasteiger partial charge on any atom is -0.391 e. The number of likely N-dealkylation sites (tertiary alicyclic amines) is 1. The molecule has 0 bridgehead atoms. The molecule has 4 nitrogen and oxygen atoms in total. The molecule has 1 aliphatic rings. The third-order valence-electron chi connectivity index (χ3n) is 4.09. The fraction of sp³-hybridized carbons (Fsp3) is 0.294. The molecule has 1 aromatic heterocycles. The molecule has 1 aromatic carbocycles. The molecule has 2 aromatic rings. The van der Waals surface area contributed by atoms with E-state index < -0.39 is 29.8 Å². The van der Waals surface area contributed by atoms with E-state index in [0.29, 0.717) is 5.56 Å². The average molecular weight is 336 g/mol. The Kier molecular flexibility index (Phi) is 4.28. The molecule has 1 aliphatic heterocycles. The van der Waals surface area contributed by atoms with Crippen LogP contribution in [0.1, 0.15) is 33.9 Å². The van der Waals surface area contributed by atoms with Gasteiger partial charge < -0.3 is 10.0 Å². The first kappa shape index (κ1) is 16.4. The number of rotatable bonds is 2. The molecule has 7 heteroatoms. The van der Waals surface area contributed by atoms with E-state index in [1.165, 1.54) is 47.6 Å². The molecular weight excluding hydrogens is 321 g/mol. The number of alkyl halides is 3. The minimum absolute atomic E-state index is 0.00197. The van der Waals surface area contributed by atoms with Crippen LogP contribution in [0.4, 0.5) is 13.2 Å². The van der Waals surface area contributed by atoms with Gasteiger partial charge >= 0.3 is 6.18 Å². The Labute approximate surface area is 136 Å². The van der Waals surface area contributed by atoms with Gasteiger partial charge in [0, 0.05) is 24.5 Å². The second-order valence-electron chi connectivity index (χ2n) is 5.68. The molecule has 1 fully saturated rings. The van der Waals surface area contributed by atoms with Crippen LogP contribution in [0.15, 0.2) is 48.8 Å². The highest BCUT2D eigenvalue weighted by molar-refractivity contribution is 5.94. The topological polar surface area (TPSA) is 53.4 Å². The molecule has 0 spiro atoms. The van der Waals surface area contributed by atoms with Crippen LogP contribution in [0.2, 0.25) is 0 Å². The van der Waals surface area contributed by atoms with Crippen LogP contribution in [-0.4, -0.2) is 33.5 Å². The second-order valence-corrected chi connectivity index (χ2v) is 5.68. The zero-order valence-electron chi connectivity index (χ0n) is 12.6. The second kappa shape index (κ2) is 6.24. The molecule has 1 amide bonds. The van der Waals surface area contributed by atoms with E-state index in [-0.39, 0.29) is 18.5 Å². The zero-order chi connectivity index (χ0) is 17.3. The van der Waals surface area contributed by atoms with E-state index in [2.05, 4.69) is 4.98 Å². The molecule has 1 N–H and O–H groups in total. The number of nitrogens with zero attached hydrogens (tertiary/aromatic N) is 2. The van der Waals surface area contributed by atoms with Crippen LogP contribution in [0.5, 0.6) is 0 Å². The number of aliphatic hydroxyl groups is 1. The number of aromatic nitrogens is 1. The molecule has 0 saturated carbocycles. The predicted molar refractivity (Wildman–Crippen MR) is 80.1 cm³/mol. The highest BCUT2D eigenvalue weighted by Gasteiger charge is 2.41. The van der Waals surface area contributed by atoms with E-state index in [9.17, 15) is 23.1 Å². The fourth-order valence-electron chi connectivity index (χ4n) is 3.04. The van der Waals surface area contributed by atoms with Crippen LogP contribution in [0.25, 0.3) is 0 Å². The molecule has 126 valence electrons. The fourth-order valence-corrected chi connectivity index (χ4v) is 3.04. The van der Waals surface area contributed by atoms with Crippen molar-refractivity contribution in [2.24, 2.45) is 0 Å². The molecule has 24 heavy (non-hydrogen) atoms. The quantitative estimate of drug-likeness (QED) is 0.917. The third-order valence-corrected chi connectivity index (χ3v) is 4.09. The van der Waals surface area contributed by atoms with Crippen molar-refractivity contribution in [3.63, 3.8) is 0 Å². The minimum atomic E-state index is -4.52. The first-order chi connectivity index (χ1) is 11.4. The van der Waals surface area contributed by atoms with Crippen LogP contribution in [0, 0.1) is 0 Å². The van der Waals surface area contributed by atoms with Gasteiger partial charge in [0.1, 0.15) is 0 Å². The normalized spacial score (nSPS) is 21.1. The van der Waals surface area contributed by atoms with Gasteiger partial charge in [0.05, 0.1) is 17.7 Å². The third kappa shape index (κ3) is 3.12. The van der Waals surface area contributed by atoms with Gasteiger partial charge in [-0.1, -0.05) is 18.2 Å². The Morgan fingerprint density at radius 2 is 1.83 bits per heavy atom. The van der Waals surface area contributed by atoms with Gasteiger partial charge in [-0.15, -0.1) is 0 Å². The predicted octanol–water partition coefficient (Wildman–Crippen LogP) is 3.05. The summed E-state index contributed by atoms with van der Waals surface area (Å²) in [6.07, 6.45) is -2.42. The number of aliphatic hydroxyl groups excluding tert-OH is 1. The Balaban J connectivity index is 1.99. The summed E-state index contributed by atoms with van der Waals surface area (Å²) in [5, 5.41) is 9.93. The highest BCUT2D eigenvalue weighted by Crippen LogP contribution is 2.40. The monoisotopic (exact) mass is 336 g/mol. The molecule has 0 unspecified atom stereocenters. The first-order valence-electron chi connectivity index (χ1n) is 7.43. The number of β-amino-alcohol motifs (C(OH)–C–C–N with tert-alkyl or cyclic N) is 1. The molecular formula is C17H15F3N2O2. The maximum Gasteiger partial charge on any atom is 0.416 e. The number of pyridine rings is 1. The van der Waals surface area contributed by atoms with E-state index in [1.54, 1.807) is 0 Å². The summed E-state index contributed by atoms with van der Waals surface area (Å²) >= 11 is 0. The Morgan fingerprint density at radius 3 is 2.50 bits per heavy atom. The van der Waals surface area contributed by atoms with Crippen molar-refractivity contribution in [3.05, 3.63) is 65.5 Å². The summed E-state index contributed by atoms with van der Waals surface area (Å²) < 4.78 is 39.8. The zero-order valence-corrected chi connectivity index (χ0v) is 12.6. The summed E-state index contributed by atoms with van der Waals surface area (Å²) in [6.45, 7) is -0.00197. The molecule has 0 aliphatic carbocycles. The van der Waals surface area contributed by atoms with Crippen LogP contribution in [-0.2, 0) is 6.18 Å². The van der Waals surface area contributed by atoms with Gasteiger partial charge in [-0.05, 0) is 30.2 Å². The molecule has 0 radical (unpaired) electrons. The van der Waals surface area contributed by atoms with Gasteiger partial charge in [-0.2, -0.15) is 13.2 Å². The van der Waals surface area contributed by atoms with Crippen LogP contribution in [0.3, 0.4) is 0 Å². The lowest BCUT2D eigenvalue weighted by atomic mass is 9.97. The number of carbonyl (C=O) groups excluding carboxylic acids is 1. The van der Waals surface area contributed by atoms with Gasteiger partial charge in [0.2, 0.25) is 0 Å². The number of hydrogen-bond donors (Lipinski definition) is 1. The highest BCUT2D eigenvalue weighted by atomic mass is 19.4. The van der Waals surface area contributed by atoms with Gasteiger partial charge in [0.15, 0.2) is 0 Å². The van der Waals surface area contributed by atoms with Crippen molar-refractivity contribution < 1.29 is 23.1 Å². The average Bonchev–Trinajstić information content (AvgIpc) is 2.96. The summed E-state index contributed by atoms with van der Waals surface area (Å²) in [5.74, 6) is -0.420. The van der Waals surface area contributed by atoms with Gasteiger partial charge in [-0.3, -0.25) is 9.78 Å². The maximum absolute atomic E-state index is 13.3. The first-order valence-corrected chi connectivity index (χ1v) is 7.43. The Morgan fingerprint density at radius 1 is 1.17 bits per heavy atom. The van der Waals surface area contributed by atoms with Crippen molar-refractivity contribution in [1.82, 2.24) is 9.88 Å². The molecule has 3 rings (SSSR count). The summed E-state index contributed by atoms with van der Waals surface area (Å²) in [5.41, 5.74) is -0.450. The summed E-state index contributed by atoms with van der Waals surface area (Å²) in [7, 11) is 0. The van der Waals surface area contributed by atoms with Gasteiger partial charge in [-0.25, -0.2) is 0 Å². The van der Waals surface area contributed by atoms with E-state index in [0.717, 1.165) is 6.07 Å². The van der Waals surface area contributed by atoms with Crippen molar-refractivity contribution in [2.75, 3.05) is 6.54 Å². The summed E-state index contributed by atoms with van der Waals surface area (Å²) in [6, 6.07) is 7.35. The number of benzene rings is 1. The number of carbonyl (C=O) groups is 1. The largest absolute Gasteiger partial charge is 0.416 e. The van der Waals surface area contributed by atoms with Crippen LogP contribution >= 0.6 is 0 Å². The number of halogens is 3. The standard InChI is InChI=1S/C17H15F3N2O2/c18-17(19,20)14-4-2-1-3-13(14)15-9-12(23)10-22(15)16(24)11-5-7-21-8-6-11/h1-8,12,15,23H,9-10H2/t12-,15-/m0/s1. The molecule has 2 heterocycles. The molecule has 2 atom stereocenters. The van der Waals surface area contributed by atoms with E-state index in [1.807, 2.05) is 0 Å². The summed E-state index contributed by atoms with van der Waals surface area (Å²) in [4.78, 5) is 17.8. The Hall–Kier alpha value is -2.41. The Bertz CT molecular complexity index is 734. The number of hydrogen-bond acceptors (Lipinski definition) is 3. The van der Waals surface area contributed by atoms with Crippen LogP contribution < -0.4 is 0 Å². The van der Waals surface area contributed by atoms with Crippen molar-refractivity contribution in [3.8, 4) is 0 Å². The van der Waals surface area contributed by atoms with E-state index in [4.69, 9.17) is 0 Å². The number of amides is 1. The maximum atomic E-state index is 13.3. The molecule has 1 saturated heterocycles. The van der Waals surface area contributed by atoms with Crippen molar-refractivity contribution in [2.45, 2.75) is 24.7 Å².